The Morgan fingerprint density at radius 1 is 1.06 bits per heavy atom. The average molecular weight is 560 g/mol. The standard InChI is InChI=1S/C24H18ClN3O5S3/c1-3-13-28-21-12-11-20(35(2,30)31)15-22(21)34-24(28)26-23(29)16-5-4-6-18(14-16)27-36(32,33)19-9-7-17(25)8-10-19/h1,4-12,14-15,27H,13H2,2H3. The molecule has 0 saturated heterocycles. The smallest absolute Gasteiger partial charge is 0.279 e. The maximum atomic E-state index is 13.0. The van der Waals surface area contributed by atoms with E-state index in [2.05, 4.69) is 15.6 Å². The number of hydrogen-bond acceptors (Lipinski definition) is 6. The van der Waals surface area contributed by atoms with E-state index < -0.39 is 25.8 Å². The van der Waals surface area contributed by atoms with Crippen molar-refractivity contribution in [3.05, 3.63) is 82.1 Å². The second-order valence-electron chi connectivity index (χ2n) is 7.63. The van der Waals surface area contributed by atoms with E-state index in [1.165, 1.54) is 60.7 Å². The van der Waals surface area contributed by atoms with Gasteiger partial charge in [-0.25, -0.2) is 16.8 Å². The molecule has 1 heterocycles. The van der Waals surface area contributed by atoms with Crippen molar-refractivity contribution in [3.8, 4) is 12.3 Å². The fraction of sp³-hybridized carbons (Fsp3) is 0.0833. The molecule has 4 aromatic rings. The number of hydrogen-bond donors (Lipinski definition) is 1. The largest absolute Gasteiger partial charge is 0.305 e. The summed E-state index contributed by atoms with van der Waals surface area (Å²) in [6, 6.07) is 16.2. The lowest BCUT2D eigenvalue weighted by Crippen LogP contribution is -2.17. The van der Waals surface area contributed by atoms with Crippen molar-refractivity contribution in [3.63, 3.8) is 0 Å². The van der Waals surface area contributed by atoms with Crippen molar-refractivity contribution < 1.29 is 21.6 Å². The van der Waals surface area contributed by atoms with Gasteiger partial charge in [0.2, 0.25) is 0 Å². The highest BCUT2D eigenvalue weighted by molar-refractivity contribution is 7.92. The number of rotatable bonds is 6. The molecule has 0 bridgehead atoms. The minimum absolute atomic E-state index is 0.0161. The Morgan fingerprint density at radius 2 is 1.75 bits per heavy atom. The van der Waals surface area contributed by atoms with Crippen LogP contribution in [0, 0.1) is 12.3 Å². The first-order chi connectivity index (χ1) is 17.0. The van der Waals surface area contributed by atoms with Gasteiger partial charge in [0.25, 0.3) is 15.9 Å². The third-order valence-electron chi connectivity index (χ3n) is 5.01. The zero-order valence-electron chi connectivity index (χ0n) is 18.7. The molecule has 0 aliphatic rings. The zero-order valence-corrected chi connectivity index (χ0v) is 21.9. The van der Waals surface area contributed by atoms with Crippen molar-refractivity contribution in [1.29, 1.82) is 0 Å². The number of carbonyl (C=O) groups is 1. The Labute approximate surface area is 216 Å². The molecule has 4 rings (SSSR count). The van der Waals surface area contributed by atoms with Gasteiger partial charge in [-0.3, -0.25) is 9.52 Å². The lowest BCUT2D eigenvalue weighted by Gasteiger charge is -2.09. The molecular formula is C24H18ClN3O5S3. The number of fused-ring (bicyclic) bond motifs is 1. The Morgan fingerprint density at radius 3 is 2.42 bits per heavy atom. The van der Waals surface area contributed by atoms with E-state index >= 15 is 0 Å². The van der Waals surface area contributed by atoms with Crippen molar-refractivity contribution in [2.45, 2.75) is 16.3 Å². The van der Waals surface area contributed by atoms with Crippen LogP contribution < -0.4 is 9.52 Å². The van der Waals surface area contributed by atoms with Crippen LogP contribution in [0.4, 0.5) is 5.69 Å². The average Bonchev–Trinajstić information content (AvgIpc) is 3.15. The molecule has 0 unspecified atom stereocenters. The van der Waals surface area contributed by atoms with Crippen molar-refractivity contribution in [2.75, 3.05) is 11.0 Å². The maximum absolute atomic E-state index is 13.0. The topological polar surface area (TPSA) is 115 Å². The van der Waals surface area contributed by atoms with E-state index in [1.807, 2.05) is 0 Å². The summed E-state index contributed by atoms with van der Waals surface area (Å²) in [5.41, 5.74) is 0.964. The summed E-state index contributed by atoms with van der Waals surface area (Å²) < 4.78 is 53.9. The highest BCUT2D eigenvalue weighted by Gasteiger charge is 2.16. The molecule has 3 aromatic carbocycles. The predicted octanol–water partition coefficient (Wildman–Crippen LogP) is 3.93. The molecule has 0 spiro atoms. The first-order valence-corrected chi connectivity index (χ1v) is 14.8. The molecule has 0 saturated carbocycles. The second kappa shape index (κ2) is 9.91. The number of terminal acetylenes is 1. The quantitative estimate of drug-likeness (QED) is 0.359. The monoisotopic (exact) mass is 559 g/mol. The van der Waals surface area contributed by atoms with Gasteiger partial charge < -0.3 is 4.57 Å². The number of sulfonamides is 1. The van der Waals surface area contributed by atoms with Crippen LogP contribution in [-0.4, -0.2) is 33.6 Å². The highest BCUT2D eigenvalue weighted by atomic mass is 35.5. The van der Waals surface area contributed by atoms with Gasteiger partial charge in [0.1, 0.15) is 0 Å². The SMILES string of the molecule is C#CCn1c(=NC(=O)c2cccc(NS(=O)(=O)c3ccc(Cl)cc3)c2)sc2cc(S(C)(=O)=O)ccc21. The number of benzene rings is 3. The van der Waals surface area contributed by atoms with Crippen molar-refractivity contribution in [1.82, 2.24) is 4.57 Å². The van der Waals surface area contributed by atoms with Crippen LogP contribution in [0.5, 0.6) is 0 Å². The maximum Gasteiger partial charge on any atom is 0.279 e. The fourth-order valence-electron chi connectivity index (χ4n) is 3.31. The van der Waals surface area contributed by atoms with Crippen LogP contribution in [0.25, 0.3) is 10.2 Å². The van der Waals surface area contributed by atoms with Crippen LogP contribution in [0.1, 0.15) is 10.4 Å². The molecule has 184 valence electrons. The van der Waals surface area contributed by atoms with Crippen molar-refractivity contribution in [2.24, 2.45) is 4.99 Å². The minimum atomic E-state index is -3.90. The molecule has 12 heteroatoms. The van der Waals surface area contributed by atoms with E-state index in [1.54, 1.807) is 10.6 Å². The van der Waals surface area contributed by atoms with Crippen LogP contribution in [-0.2, 0) is 26.4 Å². The van der Waals surface area contributed by atoms with E-state index in [0.29, 0.717) is 15.2 Å². The summed E-state index contributed by atoms with van der Waals surface area (Å²) in [6.07, 6.45) is 6.61. The third-order valence-corrected chi connectivity index (χ3v) is 8.82. The Kier molecular flexibility index (Phi) is 7.06. The zero-order chi connectivity index (χ0) is 26.1. The summed E-state index contributed by atoms with van der Waals surface area (Å²) in [5.74, 6) is 1.89. The summed E-state index contributed by atoms with van der Waals surface area (Å²) in [7, 11) is -7.32. The Balaban J connectivity index is 1.70. The highest BCUT2D eigenvalue weighted by Crippen LogP contribution is 2.23. The summed E-state index contributed by atoms with van der Waals surface area (Å²) in [4.78, 5) is 17.6. The van der Waals surface area contributed by atoms with Gasteiger partial charge in [-0.2, -0.15) is 4.99 Å². The molecular weight excluding hydrogens is 542 g/mol. The molecule has 0 fully saturated rings. The molecule has 0 atom stereocenters. The van der Waals surface area contributed by atoms with Gasteiger partial charge in [0, 0.05) is 22.5 Å². The summed E-state index contributed by atoms with van der Waals surface area (Å²) in [5, 5.41) is 0.402. The molecule has 0 aliphatic heterocycles. The lowest BCUT2D eigenvalue weighted by molar-refractivity contribution is 0.0998. The number of amides is 1. The van der Waals surface area contributed by atoms with Crippen LogP contribution >= 0.6 is 22.9 Å². The Hall–Kier alpha value is -3.43. The molecule has 1 N–H and O–H groups in total. The van der Waals surface area contributed by atoms with E-state index in [-0.39, 0.29) is 32.4 Å². The van der Waals surface area contributed by atoms with Crippen molar-refractivity contribution >= 4 is 64.6 Å². The summed E-state index contributed by atoms with van der Waals surface area (Å²) in [6.45, 7) is 0.116. The molecule has 1 aromatic heterocycles. The van der Waals surface area contributed by atoms with Crippen LogP contribution in [0.15, 0.2) is 81.5 Å². The second-order valence-corrected chi connectivity index (χ2v) is 12.8. The first-order valence-electron chi connectivity index (χ1n) is 10.2. The normalized spacial score (nSPS) is 12.4. The van der Waals surface area contributed by atoms with Gasteiger partial charge in [0.05, 0.1) is 26.6 Å². The summed E-state index contributed by atoms with van der Waals surface area (Å²) >= 11 is 6.95. The number of nitrogens with zero attached hydrogens (tertiary/aromatic N) is 2. The first kappa shape index (κ1) is 25.7. The van der Waals surface area contributed by atoms with E-state index in [9.17, 15) is 21.6 Å². The van der Waals surface area contributed by atoms with Gasteiger partial charge >= 0.3 is 0 Å². The van der Waals surface area contributed by atoms with Crippen LogP contribution in [0.3, 0.4) is 0 Å². The number of carbonyl (C=O) groups excluding carboxylic acids is 1. The fourth-order valence-corrected chi connectivity index (χ4v) is 6.27. The number of aromatic nitrogens is 1. The Bertz CT molecular complexity index is 1820. The van der Waals surface area contributed by atoms with Gasteiger partial charge in [-0.05, 0) is 60.7 Å². The van der Waals surface area contributed by atoms with Crippen LogP contribution in [0.2, 0.25) is 5.02 Å². The number of halogens is 1. The number of thiazole rings is 1. The number of anilines is 1. The molecule has 1 amide bonds. The number of nitrogens with one attached hydrogen (secondary N) is 1. The lowest BCUT2D eigenvalue weighted by atomic mass is 10.2. The molecule has 8 nitrogen and oxygen atoms in total. The minimum Gasteiger partial charge on any atom is -0.305 e. The van der Waals surface area contributed by atoms with E-state index in [0.717, 1.165) is 17.6 Å². The molecule has 0 aliphatic carbocycles. The molecule has 36 heavy (non-hydrogen) atoms. The van der Waals surface area contributed by atoms with Gasteiger partial charge in [-0.15, -0.1) is 6.42 Å². The number of sulfone groups is 1. The molecule has 0 radical (unpaired) electrons. The van der Waals surface area contributed by atoms with Gasteiger partial charge in [0.15, 0.2) is 14.6 Å². The van der Waals surface area contributed by atoms with E-state index in [4.69, 9.17) is 18.0 Å². The van der Waals surface area contributed by atoms with Gasteiger partial charge in [-0.1, -0.05) is 34.9 Å². The third kappa shape index (κ3) is 5.52. The predicted molar refractivity (Wildman–Crippen MR) is 140 cm³/mol.